The third kappa shape index (κ3) is 3.20. The third-order valence-electron chi connectivity index (χ3n) is 3.97. The molecule has 22 heavy (non-hydrogen) atoms. The molecule has 0 amide bonds. The molecule has 0 saturated heterocycles. The van der Waals surface area contributed by atoms with Gasteiger partial charge in [0.2, 0.25) is 0 Å². The zero-order valence-corrected chi connectivity index (χ0v) is 12.7. The Morgan fingerprint density at radius 3 is 2.18 bits per heavy atom. The number of hydrogen-bond acceptors (Lipinski definition) is 2. The van der Waals surface area contributed by atoms with Gasteiger partial charge in [-0.2, -0.15) is 0 Å². The Hall–Kier alpha value is -2.55. The fraction of sp³-hybridized carbons (Fsp3) is 0.105. The average Bonchev–Trinajstić information content (AvgIpc) is 2.57. The summed E-state index contributed by atoms with van der Waals surface area (Å²) in [5, 5.41) is 0. The van der Waals surface area contributed by atoms with Gasteiger partial charge in [0.15, 0.2) is 0 Å². The van der Waals surface area contributed by atoms with Crippen LogP contribution in [-0.2, 0) is 6.42 Å². The number of aromatic nitrogens is 1. The van der Waals surface area contributed by atoms with Gasteiger partial charge < -0.3 is 5.73 Å². The summed E-state index contributed by atoms with van der Waals surface area (Å²) in [6.07, 6.45) is 0.919. The molecule has 1 unspecified atom stereocenters. The molecule has 2 aromatic carbocycles. The first kappa shape index (κ1) is 14.4. The summed E-state index contributed by atoms with van der Waals surface area (Å²) in [6.45, 7) is 0. The van der Waals surface area contributed by atoms with Gasteiger partial charge in [-0.3, -0.25) is 0 Å². The van der Waals surface area contributed by atoms with Crippen molar-refractivity contribution in [1.29, 1.82) is 0 Å². The molecule has 0 fully saturated rings. The number of nitrogens with zero attached hydrogens (tertiary/aromatic N) is 1. The van der Waals surface area contributed by atoms with Crippen molar-refractivity contribution in [3.05, 3.63) is 89.6 Å². The third-order valence-corrected chi connectivity index (χ3v) is 3.97. The van der Waals surface area contributed by atoms with Crippen molar-refractivity contribution in [2.75, 3.05) is 5.73 Å². The molecule has 0 aliphatic carbocycles. The van der Waals surface area contributed by atoms with Crippen LogP contribution in [0, 0.1) is 0 Å². The monoisotopic (exact) mass is 286 g/mol. The molecule has 1 atom stereocenters. The second-order valence-corrected chi connectivity index (χ2v) is 5.59. The Morgan fingerprint density at radius 1 is 0.864 bits per heavy atom. The van der Waals surface area contributed by atoms with Gasteiger partial charge in [0.05, 0.1) is 0 Å². The SMILES string of the molecule is Bc1ccc(N)nc1C(Cc1ccccc1)c1ccccc1. The van der Waals surface area contributed by atoms with E-state index in [9.17, 15) is 0 Å². The smallest absolute Gasteiger partial charge is 0.141 e. The van der Waals surface area contributed by atoms with Gasteiger partial charge in [0.25, 0.3) is 0 Å². The summed E-state index contributed by atoms with van der Waals surface area (Å²) < 4.78 is 0. The summed E-state index contributed by atoms with van der Waals surface area (Å²) in [6, 6.07) is 25.0. The lowest BCUT2D eigenvalue weighted by atomic mass is 9.82. The highest BCUT2D eigenvalue weighted by molar-refractivity contribution is 6.33. The van der Waals surface area contributed by atoms with E-state index in [1.807, 2.05) is 18.2 Å². The number of nitrogens with two attached hydrogens (primary N) is 1. The van der Waals surface area contributed by atoms with Crippen LogP contribution < -0.4 is 11.2 Å². The van der Waals surface area contributed by atoms with Crippen LogP contribution in [0.4, 0.5) is 5.82 Å². The van der Waals surface area contributed by atoms with Crippen LogP contribution in [0.25, 0.3) is 0 Å². The molecule has 0 spiro atoms. The Balaban J connectivity index is 2.05. The van der Waals surface area contributed by atoms with Crippen LogP contribution in [0.15, 0.2) is 72.8 Å². The largest absolute Gasteiger partial charge is 0.384 e. The van der Waals surface area contributed by atoms with Gasteiger partial charge >= 0.3 is 0 Å². The predicted octanol–water partition coefficient (Wildman–Crippen LogP) is 2.30. The predicted molar refractivity (Wildman–Crippen MR) is 95.3 cm³/mol. The van der Waals surface area contributed by atoms with Gasteiger partial charge in [-0.1, -0.05) is 72.2 Å². The van der Waals surface area contributed by atoms with Gasteiger partial charge in [-0.25, -0.2) is 4.98 Å². The Bertz CT molecular complexity index is 742. The Morgan fingerprint density at radius 2 is 1.50 bits per heavy atom. The highest BCUT2D eigenvalue weighted by Crippen LogP contribution is 2.26. The van der Waals surface area contributed by atoms with Crippen molar-refractivity contribution in [2.24, 2.45) is 0 Å². The van der Waals surface area contributed by atoms with Crippen molar-refractivity contribution in [1.82, 2.24) is 4.98 Å². The number of nitrogen functional groups attached to an aromatic ring is 1. The van der Waals surface area contributed by atoms with E-state index in [1.165, 1.54) is 16.6 Å². The molecule has 3 rings (SSSR count). The number of anilines is 1. The summed E-state index contributed by atoms with van der Waals surface area (Å²) in [7, 11) is 2.10. The maximum atomic E-state index is 5.93. The average molecular weight is 286 g/mol. The molecule has 0 aliphatic rings. The van der Waals surface area contributed by atoms with E-state index < -0.39 is 0 Å². The molecule has 0 aliphatic heterocycles. The van der Waals surface area contributed by atoms with Gasteiger partial charge in [0, 0.05) is 11.6 Å². The van der Waals surface area contributed by atoms with E-state index in [1.54, 1.807) is 0 Å². The molecule has 0 radical (unpaired) electrons. The van der Waals surface area contributed by atoms with Crippen LogP contribution >= 0.6 is 0 Å². The highest BCUT2D eigenvalue weighted by Gasteiger charge is 2.18. The minimum absolute atomic E-state index is 0.215. The number of hydrogen-bond donors (Lipinski definition) is 1. The van der Waals surface area contributed by atoms with Gasteiger partial charge in [-0.15, -0.1) is 0 Å². The minimum Gasteiger partial charge on any atom is -0.384 e. The second kappa shape index (κ2) is 6.48. The summed E-state index contributed by atoms with van der Waals surface area (Å²) in [4.78, 5) is 4.62. The number of pyridine rings is 1. The van der Waals surface area contributed by atoms with E-state index in [-0.39, 0.29) is 5.92 Å². The molecule has 3 heteroatoms. The first-order valence-electron chi connectivity index (χ1n) is 7.56. The molecule has 2 N–H and O–H groups in total. The summed E-state index contributed by atoms with van der Waals surface area (Å²) in [5.74, 6) is 0.793. The molecular weight excluding hydrogens is 267 g/mol. The molecule has 1 heterocycles. The van der Waals surface area contributed by atoms with E-state index in [2.05, 4.69) is 67.4 Å². The van der Waals surface area contributed by atoms with Crippen LogP contribution in [0.5, 0.6) is 0 Å². The van der Waals surface area contributed by atoms with Crippen molar-refractivity contribution >= 4 is 19.1 Å². The van der Waals surface area contributed by atoms with E-state index in [4.69, 9.17) is 5.73 Å². The molecule has 108 valence electrons. The lowest BCUT2D eigenvalue weighted by molar-refractivity contribution is 0.781. The van der Waals surface area contributed by atoms with Crippen molar-refractivity contribution in [2.45, 2.75) is 12.3 Å². The maximum absolute atomic E-state index is 5.93. The molecule has 2 nitrogen and oxygen atoms in total. The van der Waals surface area contributed by atoms with E-state index >= 15 is 0 Å². The summed E-state index contributed by atoms with van der Waals surface area (Å²) >= 11 is 0. The van der Waals surface area contributed by atoms with Crippen LogP contribution in [-0.4, -0.2) is 12.8 Å². The molecule has 1 aromatic heterocycles. The van der Waals surface area contributed by atoms with Crippen LogP contribution in [0.1, 0.15) is 22.7 Å². The lowest BCUT2D eigenvalue weighted by Gasteiger charge is -2.20. The Kier molecular flexibility index (Phi) is 4.24. The lowest BCUT2D eigenvalue weighted by Crippen LogP contribution is -2.20. The minimum atomic E-state index is 0.215. The fourth-order valence-corrected chi connectivity index (χ4v) is 2.82. The highest BCUT2D eigenvalue weighted by atomic mass is 14.8. The maximum Gasteiger partial charge on any atom is 0.141 e. The molecule has 0 saturated carbocycles. The summed E-state index contributed by atoms with van der Waals surface area (Å²) in [5.41, 5.74) is 10.7. The zero-order chi connectivity index (χ0) is 15.4. The molecule has 0 bridgehead atoms. The first-order valence-corrected chi connectivity index (χ1v) is 7.56. The molecular formula is C19H19BN2. The van der Waals surface area contributed by atoms with Crippen LogP contribution in [0.2, 0.25) is 0 Å². The second-order valence-electron chi connectivity index (χ2n) is 5.59. The topological polar surface area (TPSA) is 38.9 Å². The van der Waals surface area contributed by atoms with E-state index in [0.717, 1.165) is 12.1 Å². The van der Waals surface area contributed by atoms with E-state index in [0.29, 0.717) is 5.82 Å². The molecule has 3 aromatic rings. The number of benzene rings is 2. The van der Waals surface area contributed by atoms with Gasteiger partial charge in [-0.05, 0) is 23.6 Å². The normalized spacial score (nSPS) is 12.0. The van der Waals surface area contributed by atoms with Crippen molar-refractivity contribution < 1.29 is 0 Å². The Labute approximate surface area is 132 Å². The van der Waals surface area contributed by atoms with Crippen LogP contribution in [0.3, 0.4) is 0 Å². The van der Waals surface area contributed by atoms with Crippen molar-refractivity contribution in [3.63, 3.8) is 0 Å². The quantitative estimate of drug-likeness (QED) is 0.747. The standard InChI is InChI=1S/C19H19BN2/c20-17-11-12-18(21)22-19(17)16(15-9-5-2-6-10-15)13-14-7-3-1-4-8-14/h1-12,16H,13,20H2,(H2,21,22). The zero-order valence-electron chi connectivity index (χ0n) is 12.7. The fourth-order valence-electron chi connectivity index (χ4n) is 2.82. The van der Waals surface area contributed by atoms with Gasteiger partial charge in [0.1, 0.15) is 13.7 Å². The first-order chi connectivity index (χ1) is 10.7. The van der Waals surface area contributed by atoms with Crippen molar-refractivity contribution in [3.8, 4) is 0 Å². The number of rotatable bonds is 4.